The van der Waals surface area contributed by atoms with Crippen LogP contribution in [0.4, 0.5) is 0 Å². The molecule has 0 saturated carbocycles. The van der Waals surface area contributed by atoms with Gasteiger partial charge < -0.3 is 25.2 Å². The summed E-state index contributed by atoms with van der Waals surface area (Å²) in [6.45, 7) is 12.0. The van der Waals surface area contributed by atoms with Gasteiger partial charge in [-0.15, -0.1) is 11.8 Å². The number of carbonyl (C=O) groups excluding carboxylic acids is 3. The first kappa shape index (κ1) is 31.3. The number of carbonyl (C=O) groups is 3. The van der Waals surface area contributed by atoms with Crippen molar-refractivity contribution in [3.8, 4) is 0 Å². The van der Waals surface area contributed by atoms with Gasteiger partial charge in [-0.2, -0.15) is 0 Å². The third-order valence-corrected chi connectivity index (χ3v) is 8.90. The summed E-state index contributed by atoms with van der Waals surface area (Å²) >= 11 is 1.47. The quantitative estimate of drug-likeness (QED) is 0.343. The zero-order valence-electron chi connectivity index (χ0n) is 25.0. The molecule has 3 N–H and O–H groups in total. The van der Waals surface area contributed by atoms with E-state index in [1.807, 2.05) is 96.1 Å². The lowest BCUT2D eigenvalue weighted by molar-refractivity contribution is -0.147. The molecule has 224 valence electrons. The van der Waals surface area contributed by atoms with E-state index in [0.717, 1.165) is 16.7 Å². The lowest BCUT2D eigenvalue weighted by atomic mass is 9.93. The summed E-state index contributed by atoms with van der Waals surface area (Å²) < 4.78 is 4.78. The van der Waals surface area contributed by atoms with E-state index in [1.165, 1.54) is 16.7 Å². The van der Waals surface area contributed by atoms with Crippen LogP contribution in [0.1, 0.15) is 67.6 Å². The van der Waals surface area contributed by atoms with E-state index in [-0.39, 0.29) is 29.3 Å². The van der Waals surface area contributed by atoms with Gasteiger partial charge in [0.15, 0.2) is 11.8 Å². The molecule has 9 nitrogen and oxygen atoms in total. The van der Waals surface area contributed by atoms with Crippen LogP contribution in [0.5, 0.6) is 0 Å². The van der Waals surface area contributed by atoms with Crippen molar-refractivity contribution in [3.05, 3.63) is 88.8 Å². The number of hydrogen-bond donors (Lipinski definition) is 3. The van der Waals surface area contributed by atoms with Crippen molar-refractivity contribution in [2.75, 3.05) is 5.88 Å². The molecule has 1 aliphatic heterocycles. The van der Waals surface area contributed by atoms with E-state index in [0.29, 0.717) is 12.3 Å². The number of amides is 3. The van der Waals surface area contributed by atoms with Gasteiger partial charge in [0.25, 0.3) is 11.8 Å². The average molecular weight is 593 g/mol. The normalized spacial score (nSPS) is 17.9. The maximum atomic E-state index is 13.9. The van der Waals surface area contributed by atoms with Crippen molar-refractivity contribution in [1.82, 2.24) is 20.7 Å². The molecule has 0 spiro atoms. The van der Waals surface area contributed by atoms with Crippen LogP contribution in [-0.4, -0.2) is 61.7 Å². The Morgan fingerprint density at radius 2 is 1.79 bits per heavy atom. The van der Waals surface area contributed by atoms with E-state index in [4.69, 9.17) is 4.52 Å². The number of nitrogens with one attached hydrogen (secondary N) is 2. The highest BCUT2D eigenvalue weighted by Crippen LogP contribution is 2.40. The summed E-state index contributed by atoms with van der Waals surface area (Å²) in [7, 11) is 0. The van der Waals surface area contributed by atoms with Gasteiger partial charge in [-0.3, -0.25) is 14.4 Å². The Balaban J connectivity index is 1.54. The second-order valence-corrected chi connectivity index (χ2v) is 13.9. The first-order chi connectivity index (χ1) is 19.8. The molecule has 0 aliphatic carbocycles. The van der Waals surface area contributed by atoms with Gasteiger partial charge in [-0.1, -0.05) is 80.5 Å². The van der Waals surface area contributed by atoms with Gasteiger partial charge in [0.1, 0.15) is 11.8 Å². The van der Waals surface area contributed by atoms with Crippen LogP contribution in [0.2, 0.25) is 0 Å². The Hall–Kier alpha value is -3.63. The molecule has 1 aromatic heterocycles. The standard InChI is InChI=1S/C32H40N4O5S/c1-20-12-10-11-15-22(20)18-33-29(39)27-32(5,6)42-19-36(27)30(40)26(37)23(16-21-13-8-7-9-14-21)34-28(38)24-17-25(41-35-24)31(2,3)4/h7-15,17,23,26-27,37H,16,18-19H2,1-6H3,(H,33,39)(H,34,38)/t23-,26-,27?/m0/s1. The average Bonchev–Trinajstić information content (AvgIpc) is 3.57. The van der Waals surface area contributed by atoms with E-state index < -0.39 is 34.7 Å². The molecule has 0 bridgehead atoms. The van der Waals surface area contributed by atoms with Crippen LogP contribution in [-0.2, 0) is 28.0 Å². The molecule has 3 amide bonds. The van der Waals surface area contributed by atoms with Crippen LogP contribution in [0, 0.1) is 6.92 Å². The number of nitrogens with zero attached hydrogens (tertiary/aromatic N) is 2. The minimum absolute atomic E-state index is 0.0592. The Morgan fingerprint density at radius 1 is 1.12 bits per heavy atom. The number of benzene rings is 2. The number of hydrogen-bond acceptors (Lipinski definition) is 7. The Bertz CT molecular complexity index is 1420. The summed E-state index contributed by atoms with van der Waals surface area (Å²) in [5.41, 5.74) is 2.58. The van der Waals surface area contributed by atoms with Crippen LogP contribution in [0.25, 0.3) is 0 Å². The van der Waals surface area contributed by atoms with Crippen molar-refractivity contribution in [2.45, 2.75) is 82.9 Å². The predicted octanol–water partition coefficient (Wildman–Crippen LogP) is 3.98. The zero-order valence-corrected chi connectivity index (χ0v) is 25.8. The van der Waals surface area contributed by atoms with Crippen LogP contribution in [0.15, 0.2) is 65.2 Å². The maximum Gasteiger partial charge on any atom is 0.273 e. The molecule has 1 aliphatic rings. The monoisotopic (exact) mass is 592 g/mol. The molecule has 3 aromatic rings. The molecule has 2 aromatic carbocycles. The second kappa shape index (κ2) is 12.7. The van der Waals surface area contributed by atoms with Crippen LogP contribution in [0.3, 0.4) is 0 Å². The highest BCUT2D eigenvalue weighted by molar-refractivity contribution is 8.00. The van der Waals surface area contributed by atoms with Gasteiger partial charge in [-0.05, 0) is 43.9 Å². The number of rotatable bonds is 9. The van der Waals surface area contributed by atoms with Crippen molar-refractivity contribution in [3.63, 3.8) is 0 Å². The number of aliphatic hydroxyl groups is 1. The Morgan fingerprint density at radius 3 is 2.43 bits per heavy atom. The zero-order chi connectivity index (χ0) is 30.7. The topological polar surface area (TPSA) is 125 Å². The summed E-state index contributed by atoms with van der Waals surface area (Å²) in [6, 6.07) is 16.9. The largest absolute Gasteiger partial charge is 0.381 e. The highest BCUT2D eigenvalue weighted by Gasteiger charge is 2.49. The van der Waals surface area contributed by atoms with E-state index in [9.17, 15) is 19.5 Å². The van der Waals surface area contributed by atoms with Crippen molar-refractivity contribution < 1.29 is 24.0 Å². The van der Waals surface area contributed by atoms with Crippen LogP contribution >= 0.6 is 11.8 Å². The van der Waals surface area contributed by atoms with Gasteiger partial charge in [-0.25, -0.2) is 0 Å². The SMILES string of the molecule is Cc1ccccc1CNC(=O)C1N(C(=O)[C@@H](O)[C@H](Cc2ccccc2)NC(=O)c2cc(C(C)(C)C)on2)CSC1(C)C. The van der Waals surface area contributed by atoms with Crippen LogP contribution < -0.4 is 10.6 Å². The summed E-state index contributed by atoms with van der Waals surface area (Å²) in [5, 5.41) is 21.1. The minimum Gasteiger partial charge on any atom is -0.381 e. The molecule has 3 atom stereocenters. The van der Waals surface area contributed by atoms with E-state index in [2.05, 4.69) is 15.8 Å². The molecule has 1 fully saturated rings. The van der Waals surface area contributed by atoms with E-state index >= 15 is 0 Å². The number of aromatic nitrogens is 1. The summed E-state index contributed by atoms with van der Waals surface area (Å²) in [5.74, 6) is -0.712. The molecular weight excluding hydrogens is 552 g/mol. The first-order valence-corrected chi connectivity index (χ1v) is 15.0. The molecule has 4 rings (SSSR count). The fraction of sp³-hybridized carbons (Fsp3) is 0.438. The van der Waals surface area contributed by atoms with Gasteiger partial charge >= 0.3 is 0 Å². The van der Waals surface area contributed by atoms with E-state index in [1.54, 1.807) is 6.07 Å². The third-order valence-electron chi connectivity index (χ3n) is 7.52. The van der Waals surface area contributed by atoms with Gasteiger partial charge in [0, 0.05) is 22.8 Å². The number of aryl methyl sites for hydroxylation is 1. The first-order valence-electron chi connectivity index (χ1n) is 14.0. The number of thioether (sulfide) groups is 1. The summed E-state index contributed by atoms with van der Waals surface area (Å²) in [4.78, 5) is 42.0. The minimum atomic E-state index is -1.61. The lowest BCUT2D eigenvalue weighted by Crippen LogP contribution is -2.58. The van der Waals surface area contributed by atoms with Crippen molar-refractivity contribution in [1.29, 1.82) is 0 Å². The summed E-state index contributed by atoms with van der Waals surface area (Å²) in [6.07, 6.45) is -1.41. The van der Waals surface area contributed by atoms with Gasteiger partial charge in [0.05, 0.1) is 11.9 Å². The smallest absolute Gasteiger partial charge is 0.273 e. The Kier molecular flexibility index (Phi) is 9.47. The fourth-order valence-corrected chi connectivity index (χ4v) is 6.07. The molecule has 2 heterocycles. The molecule has 10 heteroatoms. The molecule has 1 unspecified atom stereocenters. The highest BCUT2D eigenvalue weighted by atomic mass is 32.2. The molecule has 42 heavy (non-hydrogen) atoms. The lowest BCUT2D eigenvalue weighted by Gasteiger charge is -2.33. The third kappa shape index (κ3) is 7.22. The van der Waals surface area contributed by atoms with Gasteiger partial charge in [0.2, 0.25) is 5.91 Å². The second-order valence-electron chi connectivity index (χ2n) is 12.3. The van der Waals surface area contributed by atoms with Crippen molar-refractivity contribution in [2.24, 2.45) is 0 Å². The fourth-order valence-electron chi connectivity index (χ4n) is 4.93. The maximum absolute atomic E-state index is 13.9. The predicted molar refractivity (Wildman–Crippen MR) is 163 cm³/mol. The Labute approximate surface area is 251 Å². The van der Waals surface area contributed by atoms with Crippen molar-refractivity contribution >= 4 is 29.5 Å². The molecular formula is C32H40N4O5S. The number of aliphatic hydroxyl groups excluding tert-OH is 1. The molecule has 0 radical (unpaired) electrons. The molecule has 1 saturated heterocycles.